The van der Waals surface area contributed by atoms with Gasteiger partial charge in [0.05, 0.1) is 12.7 Å². The van der Waals surface area contributed by atoms with Crippen molar-refractivity contribution in [2.24, 2.45) is 0 Å². The zero-order valence-electron chi connectivity index (χ0n) is 24.7. The van der Waals surface area contributed by atoms with Crippen LogP contribution < -0.4 is 15.1 Å². The molecule has 1 aliphatic rings. The Hall–Kier alpha value is -3.73. The Morgan fingerprint density at radius 1 is 1.02 bits per heavy atom. The molecule has 2 N–H and O–H groups in total. The molecule has 0 aliphatic carbocycles. The predicted octanol–water partition coefficient (Wildman–Crippen LogP) is 1.18. The standard InChI is InChI=1S/C27H38N6O9S/c1-16(34)28-24-26(40-18(3)36)25(39-17(2)35)22(41-27(24)38-13-7-6-8-23(37)42-31-43)15-33-14-21(29-30-33)19-9-11-20(12-10-19)32(4)5/h9-12,14,22,24-27,31,43H,6-8,13,15H2,1-5H3,(H,28,34)/t22?,24-,25-,26?,27+/m0/s1. The van der Waals surface area contributed by atoms with Gasteiger partial charge in [0.25, 0.3) is 0 Å². The molecule has 3 rings (SSSR count). The molecule has 0 spiro atoms. The predicted molar refractivity (Wildman–Crippen MR) is 155 cm³/mol. The number of esters is 2. The Bertz CT molecular complexity index is 1240. The molecule has 5 atom stereocenters. The highest BCUT2D eigenvalue weighted by Crippen LogP contribution is 2.29. The third-order valence-corrected chi connectivity index (χ3v) is 6.51. The van der Waals surface area contributed by atoms with Gasteiger partial charge in [-0.25, -0.2) is 4.68 Å². The number of ether oxygens (including phenoxy) is 4. The zero-order chi connectivity index (χ0) is 31.5. The normalized spacial score (nSPS) is 21.5. The molecule has 1 aromatic carbocycles. The van der Waals surface area contributed by atoms with Crippen LogP contribution in [0.25, 0.3) is 11.3 Å². The quantitative estimate of drug-likeness (QED) is 0.0903. The van der Waals surface area contributed by atoms with Crippen LogP contribution >= 0.6 is 12.8 Å². The van der Waals surface area contributed by atoms with Crippen molar-refractivity contribution in [1.82, 2.24) is 25.2 Å². The van der Waals surface area contributed by atoms with Crippen LogP contribution in [0.3, 0.4) is 0 Å². The van der Waals surface area contributed by atoms with Gasteiger partial charge in [0, 0.05) is 59.1 Å². The Labute approximate surface area is 255 Å². The first-order valence-corrected chi connectivity index (χ1v) is 14.1. The maximum Gasteiger partial charge on any atom is 0.325 e. The molecule has 0 saturated carbocycles. The number of carbonyl (C=O) groups is 4. The van der Waals surface area contributed by atoms with Gasteiger partial charge in [0.2, 0.25) is 5.91 Å². The number of rotatable bonds is 14. The molecule has 43 heavy (non-hydrogen) atoms. The van der Waals surface area contributed by atoms with Crippen LogP contribution in [0.15, 0.2) is 30.5 Å². The fourth-order valence-electron chi connectivity index (χ4n) is 4.55. The molecule has 15 nitrogen and oxygen atoms in total. The summed E-state index contributed by atoms with van der Waals surface area (Å²) in [5.74, 6) is -2.22. The van der Waals surface area contributed by atoms with E-state index in [-0.39, 0.29) is 19.6 Å². The van der Waals surface area contributed by atoms with Crippen LogP contribution in [0, 0.1) is 0 Å². The van der Waals surface area contributed by atoms with Gasteiger partial charge in [-0.15, -0.1) is 5.10 Å². The molecule has 2 unspecified atom stereocenters. The number of nitrogens with one attached hydrogen (secondary N) is 2. The van der Waals surface area contributed by atoms with E-state index < -0.39 is 54.5 Å². The molecule has 2 aromatic rings. The number of aromatic nitrogens is 3. The van der Waals surface area contributed by atoms with Crippen LogP contribution in [0.2, 0.25) is 0 Å². The van der Waals surface area contributed by atoms with E-state index in [1.807, 2.05) is 48.1 Å². The largest absolute Gasteiger partial charge is 0.456 e. The molecule has 236 valence electrons. The van der Waals surface area contributed by atoms with Crippen LogP contribution in [-0.4, -0.2) is 90.2 Å². The summed E-state index contributed by atoms with van der Waals surface area (Å²) in [6, 6.07) is 6.76. The SMILES string of the molecule is CC(=O)N[C@H]1C(OC(C)=O)[C@@H](OC(C)=O)C(Cn2cc(-c3ccc(N(C)C)cc3)nn2)O[C@H]1OCCCCC(=O)ONS. The second-order valence-corrected chi connectivity index (χ2v) is 10.3. The van der Waals surface area contributed by atoms with Crippen molar-refractivity contribution >= 4 is 42.3 Å². The molecular formula is C27H38N6O9S. The zero-order valence-corrected chi connectivity index (χ0v) is 25.6. The summed E-state index contributed by atoms with van der Waals surface area (Å²) >= 11 is 3.62. The minimum absolute atomic E-state index is 0.0493. The summed E-state index contributed by atoms with van der Waals surface area (Å²) in [5, 5.41) is 11.2. The second kappa shape index (κ2) is 16.2. The molecule has 16 heteroatoms. The summed E-state index contributed by atoms with van der Waals surface area (Å²) in [7, 11) is 3.90. The molecular weight excluding hydrogens is 584 g/mol. The van der Waals surface area contributed by atoms with Gasteiger partial charge in [-0.05, 0) is 25.0 Å². The number of carbonyl (C=O) groups excluding carboxylic acids is 4. The number of nitrogens with zero attached hydrogens (tertiary/aromatic N) is 4. The molecule has 1 aliphatic heterocycles. The maximum absolute atomic E-state index is 12.1. The fraction of sp³-hybridized carbons (Fsp3) is 0.556. The maximum atomic E-state index is 12.1. The van der Waals surface area contributed by atoms with Crippen molar-refractivity contribution in [2.75, 3.05) is 25.6 Å². The van der Waals surface area contributed by atoms with E-state index in [4.69, 9.17) is 18.9 Å². The molecule has 1 saturated heterocycles. The van der Waals surface area contributed by atoms with Crippen molar-refractivity contribution in [3.8, 4) is 11.3 Å². The van der Waals surface area contributed by atoms with E-state index >= 15 is 0 Å². The van der Waals surface area contributed by atoms with Crippen LogP contribution in [0.1, 0.15) is 40.0 Å². The Balaban J connectivity index is 1.84. The monoisotopic (exact) mass is 622 g/mol. The summed E-state index contributed by atoms with van der Waals surface area (Å²) in [6.07, 6.45) is -1.55. The number of hydrogen-bond donors (Lipinski definition) is 3. The third kappa shape index (κ3) is 10.2. The molecule has 0 radical (unpaired) electrons. The van der Waals surface area contributed by atoms with Crippen molar-refractivity contribution in [3.05, 3.63) is 30.5 Å². The van der Waals surface area contributed by atoms with Crippen LogP contribution in [0.4, 0.5) is 5.69 Å². The van der Waals surface area contributed by atoms with Gasteiger partial charge in [0.15, 0.2) is 18.5 Å². The molecule has 1 fully saturated rings. The molecule has 0 bridgehead atoms. The van der Waals surface area contributed by atoms with Crippen molar-refractivity contribution in [1.29, 1.82) is 0 Å². The average Bonchev–Trinajstić information content (AvgIpc) is 3.40. The first-order valence-electron chi connectivity index (χ1n) is 13.6. The number of amides is 1. The first kappa shape index (κ1) is 33.8. The van der Waals surface area contributed by atoms with Crippen molar-refractivity contribution < 1.29 is 43.0 Å². The number of benzene rings is 1. The van der Waals surface area contributed by atoms with Crippen molar-refractivity contribution in [3.63, 3.8) is 0 Å². The van der Waals surface area contributed by atoms with E-state index in [1.54, 1.807) is 6.20 Å². The number of hydrogen-bond acceptors (Lipinski definition) is 14. The van der Waals surface area contributed by atoms with E-state index in [2.05, 4.69) is 33.3 Å². The minimum Gasteiger partial charge on any atom is -0.456 e. The van der Waals surface area contributed by atoms with E-state index in [0.717, 1.165) is 11.3 Å². The lowest BCUT2D eigenvalue weighted by Gasteiger charge is -2.45. The Morgan fingerprint density at radius 3 is 2.30 bits per heavy atom. The topological polar surface area (TPSA) is 172 Å². The fourth-order valence-corrected chi connectivity index (χ4v) is 4.66. The highest BCUT2D eigenvalue weighted by Gasteiger charge is 2.51. The number of thiol groups is 1. The summed E-state index contributed by atoms with van der Waals surface area (Å²) in [4.78, 5) is 56.6. The van der Waals surface area contributed by atoms with Gasteiger partial charge < -0.3 is 34.0 Å². The first-order chi connectivity index (χ1) is 20.5. The molecule has 1 amide bonds. The minimum atomic E-state index is -1.15. The average molecular weight is 623 g/mol. The Morgan fingerprint density at radius 2 is 1.70 bits per heavy atom. The highest BCUT2D eigenvalue weighted by atomic mass is 32.1. The van der Waals surface area contributed by atoms with Gasteiger partial charge in [0.1, 0.15) is 17.8 Å². The Kier molecular flexibility index (Phi) is 12.7. The van der Waals surface area contributed by atoms with E-state index in [9.17, 15) is 19.2 Å². The second-order valence-electron chi connectivity index (χ2n) is 10.1. The smallest absolute Gasteiger partial charge is 0.325 e. The van der Waals surface area contributed by atoms with Crippen molar-refractivity contribution in [2.45, 2.75) is 77.2 Å². The highest BCUT2D eigenvalue weighted by molar-refractivity contribution is 7.77. The van der Waals surface area contributed by atoms with Crippen LogP contribution in [0.5, 0.6) is 0 Å². The third-order valence-electron chi connectivity index (χ3n) is 6.42. The van der Waals surface area contributed by atoms with Gasteiger partial charge in [-0.3, -0.25) is 19.2 Å². The lowest BCUT2D eigenvalue weighted by Crippen LogP contribution is -2.66. The van der Waals surface area contributed by atoms with Gasteiger partial charge in [-0.2, -0.15) is 0 Å². The number of anilines is 1. The summed E-state index contributed by atoms with van der Waals surface area (Å²) in [6.45, 7) is 3.90. The number of unbranched alkanes of at least 4 members (excludes halogenated alkanes) is 1. The molecule has 1 aromatic heterocycles. The van der Waals surface area contributed by atoms with E-state index in [1.165, 1.54) is 25.5 Å². The molecule has 2 heterocycles. The lowest BCUT2D eigenvalue weighted by atomic mass is 9.95. The van der Waals surface area contributed by atoms with Crippen LogP contribution in [-0.2, 0) is 49.5 Å². The van der Waals surface area contributed by atoms with E-state index in [0.29, 0.717) is 18.5 Å². The van der Waals surface area contributed by atoms with Gasteiger partial charge >= 0.3 is 17.9 Å². The lowest BCUT2D eigenvalue weighted by molar-refractivity contribution is -0.274. The van der Waals surface area contributed by atoms with Gasteiger partial charge in [-0.1, -0.05) is 35.0 Å². The summed E-state index contributed by atoms with van der Waals surface area (Å²) in [5.41, 5.74) is 2.48. The summed E-state index contributed by atoms with van der Waals surface area (Å²) < 4.78 is 24.9.